The molecule has 6 heteroatoms. The van der Waals surface area contributed by atoms with Gasteiger partial charge in [0.1, 0.15) is 11.3 Å². The summed E-state index contributed by atoms with van der Waals surface area (Å²) in [5, 5.41) is 11.6. The van der Waals surface area contributed by atoms with Crippen molar-refractivity contribution in [3.05, 3.63) is 39.2 Å². The molecule has 1 aromatic carbocycles. The molecule has 4 rings (SSSR count). The topological polar surface area (TPSA) is 80.0 Å². The second-order valence-electron chi connectivity index (χ2n) is 9.12. The van der Waals surface area contributed by atoms with Crippen molar-refractivity contribution in [1.29, 1.82) is 0 Å². The summed E-state index contributed by atoms with van der Waals surface area (Å²) in [6.07, 6.45) is 3.94. The molecule has 1 aromatic heterocycles. The van der Waals surface area contributed by atoms with Crippen molar-refractivity contribution in [3.8, 4) is 5.75 Å². The van der Waals surface area contributed by atoms with Gasteiger partial charge in [-0.25, -0.2) is 4.79 Å². The minimum Gasteiger partial charge on any atom is -0.480 e. The number of fused-ring (bicyclic) bond motifs is 2. The number of piperidine rings is 1. The van der Waals surface area contributed by atoms with Gasteiger partial charge in [-0.3, -0.25) is 4.79 Å². The Kier molecular flexibility index (Phi) is 5.39. The molecule has 1 saturated carbocycles. The standard InChI is InChI=1S/C24H31NO5/c1-14-11-19(21-15(2)16(3)23(27)30-20(21)12-14)29-17(4)22(26)25-10-9-24(28)8-6-5-7-18(24)13-25/h11-12,17-18,28H,5-10,13H2,1-4H3/t17-,18-,24-/m0/s1. The van der Waals surface area contributed by atoms with Crippen LogP contribution < -0.4 is 10.4 Å². The van der Waals surface area contributed by atoms with Crippen molar-refractivity contribution in [2.45, 2.75) is 71.5 Å². The molecule has 1 aliphatic carbocycles. The van der Waals surface area contributed by atoms with Crippen LogP contribution in [0.3, 0.4) is 0 Å². The number of carbonyl (C=O) groups excluding carboxylic acids is 1. The highest BCUT2D eigenvalue weighted by Crippen LogP contribution is 2.40. The third-order valence-corrected chi connectivity index (χ3v) is 7.05. The van der Waals surface area contributed by atoms with E-state index in [-0.39, 0.29) is 17.5 Å². The molecule has 1 aliphatic heterocycles. The first-order valence-corrected chi connectivity index (χ1v) is 10.9. The number of hydrogen-bond donors (Lipinski definition) is 1. The summed E-state index contributed by atoms with van der Waals surface area (Å²) in [4.78, 5) is 27.1. The highest BCUT2D eigenvalue weighted by Gasteiger charge is 2.44. The lowest BCUT2D eigenvalue weighted by Crippen LogP contribution is -2.56. The summed E-state index contributed by atoms with van der Waals surface area (Å²) < 4.78 is 11.6. The lowest BCUT2D eigenvalue weighted by Gasteiger charge is -2.47. The Labute approximate surface area is 176 Å². The number of carbonyl (C=O) groups is 1. The summed E-state index contributed by atoms with van der Waals surface area (Å²) in [6.45, 7) is 8.42. The Morgan fingerprint density at radius 1 is 1.23 bits per heavy atom. The number of benzene rings is 1. The molecular weight excluding hydrogens is 382 g/mol. The number of aliphatic hydroxyl groups is 1. The SMILES string of the molecule is Cc1cc(O[C@@H](C)C(=O)N2CC[C@@]3(O)CCCC[C@H]3C2)c2c(C)c(C)c(=O)oc2c1. The largest absolute Gasteiger partial charge is 0.480 e. The Bertz CT molecular complexity index is 1040. The van der Waals surface area contributed by atoms with Gasteiger partial charge >= 0.3 is 5.63 Å². The quantitative estimate of drug-likeness (QED) is 0.777. The number of rotatable bonds is 3. The van der Waals surface area contributed by atoms with Gasteiger partial charge in [0.15, 0.2) is 6.10 Å². The number of hydrogen-bond acceptors (Lipinski definition) is 5. The molecule has 2 fully saturated rings. The zero-order chi connectivity index (χ0) is 21.6. The molecule has 2 heterocycles. The number of likely N-dealkylation sites (tertiary alicyclic amines) is 1. The lowest BCUT2D eigenvalue weighted by molar-refractivity contribution is -0.149. The molecule has 1 amide bonds. The van der Waals surface area contributed by atoms with E-state index in [1.807, 2.05) is 30.9 Å². The monoisotopic (exact) mass is 413 g/mol. The predicted molar refractivity (Wildman–Crippen MR) is 115 cm³/mol. The normalized spacial score (nSPS) is 25.1. The summed E-state index contributed by atoms with van der Waals surface area (Å²) in [7, 11) is 0. The molecule has 1 N–H and O–H groups in total. The van der Waals surface area contributed by atoms with Gasteiger partial charge in [-0.1, -0.05) is 12.8 Å². The smallest absolute Gasteiger partial charge is 0.339 e. The average Bonchev–Trinajstić information content (AvgIpc) is 2.70. The van der Waals surface area contributed by atoms with Crippen molar-refractivity contribution in [2.24, 2.45) is 5.92 Å². The molecule has 0 spiro atoms. The van der Waals surface area contributed by atoms with E-state index in [0.717, 1.165) is 42.2 Å². The molecular formula is C24H31NO5. The third-order valence-electron chi connectivity index (χ3n) is 7.05. The van der Waals surface area contributed by atoms with E-state index in [2.05, 4.69) is 0 Å². The summed E-state index contributed by atoms with van der Waals surface area (Å²) in [6, 6.07) is 3.70. The van der Waals surface area contributed by atoms with Crippen LogP contribution in [0.5, 0.6) is 5.75 Å². The fourth-order valence-corrected chi connectivity index (χ4v) is 5.05. The second kappa shape index (κ2) is 7.73. The molecule has 2 aliphatic rings. The van der Waals surface area contributed by atoms with Gasteiger partial charge in [-0.15, -0.1) is 0 Å². The number of amides is 1. The first kappa shape index (κ1) is 20.9. The maximum atomic E-state index is 13.2. The molecule has 1 saturated heterocycles. The Morgan fingerprint density at radius 3 is 2.77 bits per heavy atom. The van der Waals surface area contributed by atoms with Crippen LogP contribution >= 0.6 is 0 Å². The maximum Gasteiger partial charge on any atom is 0.339 e. The maximum absolute atomic E-state index is 13.2. The van der Waals surface area contributed by atoms with Crippen LogP contribution in [0.2, 0.25) is 0 Å². The summed E-state index contributed by atoms with van der Waals surface area (Å²) >= 11 is 0. The fourth-order valence-electron chi connectivity index (χ4n) is 5.05. The number of aryl methyl sites for hydroxylation is 2. The van der Waals surface area contributed by atoms with Crippen LogP contribution in [0.15, 0.2) is 21.3 Å². The molecule has 162 valence electrons. The van der Waals surface area contributed by atoms with E-state index in [0.29, 0.717) is 36.4 Å². The Morgan fingerprint density at radius 2 is 2.00 bits per heavy atom. The van der Waals surface area contributed by atoms with Gasteiger partial charge in [0.2, 0.25) is 0 Å². The van der Waals surface area contributed by atoms with E-state index in [4.69, 9.17) is 9.15 Å². The number of nitrogens with zero attached hydrogens (tertiary/aromatic N) is 1. The van der Waals surface area contributed by atoms with E-state index in [1.165, 1.54) is 0 Å². The first-order valence-electron chi connectivity index (χ1n) is 10.9. The summed E-state index contributed by atoms with van der Waals surface area (Å²) in [5.74, 6) is 0.639. The van der Waals surface area contributed by atoms with Crippen molar-refractivity contribution in [2.75, 3.05) is 13.1 Å². The first-order chi connectivity index (χ1) is 14.2. The van der Waals surface area contributed by atoms with Gasteiger partial charge in [0, 0.05) is 24.6 Å². The van der Waals surface area contributed by atoms with E-state index in [1.54, 1.807) is 13.8 Å². The van der Waals surface area contributed by atoms with Gasteiger partial charge in [-0.05, 0) is 70.2 Å². The Balaban J connectivity index is 1.57. The molecule has 0 radical (unpaired) electrons. The van der Waals surface area contributed by atoms with Gasteiger partial charge in [0.25, 0.3) is 5.91 Å². The van der Waals surface area contributed by atoms with Crippen LogP contribution in [0.25, 0.3) is 11.0 Å². The van der Waals surface area contributed by atoms with Gasteiger partial charge < -0.3 is 19.2 Å². The number of ether oxygens (including phenoxy) is 1. The molecule has 3 atom stereocenters. The molecule has 0 bridgehead atoms. The zero-order valence-electron chi connectivity index (χ0n) is 18.3. The predicted octanol–water partition coefficient (Wildman–Crippen LogP) is 3.64. The van der Waals surface area contributed by atoms with Crippen LogP contribution in [0, 0.1) is 26.7 Å². The Hall–Kier alpha value is -2.34. The molecule has 30 heavy (non-hydrogen) atoms. The highest BCUT2D eigenvalue weighted by atomic mass is 16.5. The third kappa shape index (κ3) is 3.62. The van der Waals surface area contributed by atoms with Crippen molar-refractivity contribution >= 4 is 16.9 Å². The molecule has 6 nitrogen and oxygen atoms in total. The minimum atomic E-state index is -0.670. The zero-order valence-corrected chi connectivity index (χ0v) is 18.3. The van der Waals surface area contributed by atoms with E-state index < -0.39 is 11.7 Å². The minimum absolute atomic E-state index is 0.0657. The van der Waals surface area contributed by atoms with Crippen LogP contribution in [-0.4, -0.2) is 40.7 Å². The summed E-state index contributed by atoms with van der Waals surface area (Å²) in [5.41, 5.74) is 1.76. The van der Waals surface area contributed by atoms with E-state index in [9.17, 15) is 14.7 Å². The van der Waals surface area contributed by atoms with Crippen LogP contribution in [-0.2, 0) is 4.79 Å². The lowest BCUT2D eigenvalue weighted by atomic mass is 9.71. The van der Waals surface area contributed by atoms with Crippen LogP contribution in [0.1, 0.15) is 55.7 Å². The van der Waals surface area contributed by atoms with E-state index >= 15 is 0 Å². The fraction of sp³-hybridized carbons (Fsp3) is 0.583. The average molecular weight is 414 g/mol. The van der Waals surface area contributed by atoms with Crippen molar-refractivity contribution in [3.63, 3.8) is 0 Å². The second-order valence-corrected chi connectivity index (χ2v) is 9.12. The van der Waals surface area contributed by atoms with Crippen molar-refractivity contribution < 1.29 is 19.1 Å². The van der Waals surface area contributed by atoms with Crippen LogP contribution in [0.4, 0.5) is 0 Å². The van der Waals surface area contributed by atoms with Gasteiger partial charge in [-0.2, -0.15) is 0 Å². The molecule has 0 unspecified atom stereocenters. The molecule has 2 aromatic rings. The van der Waals surface area contributed by atoms with Crippen molar-refractivity contribution in [1.82, 2.24) is 4.90 Å². The highest BCUT2D eigenvalue weighted by molar-refractivity contribution is 5.89. The van der Waals surface area contributed by atoms with Gasteiger partial charge in [0.05, 0.1) is 11.0 Å².